The fourth-order valence-electron chi connectivity index (χ4n) is 7.52. The zero-order chi connectivity index (χ0) is 33.6. The molecule has 9 heteroatoms. The number of nitrogens with zero attached hydrogens (tertiary/aromatic N) is 4. The molecule has 3 aliphatic rings. The maximum Gasteiger partial charge on any atom is 0.407 e. The number of amides is 2. The zero-order valence-electron chi connectivity index (χ0n) is 29.2. The molecule has 48 heavy (non-hydrogen) atoms. The van der Waals surface area contributed by atoms with Gasteiger partial charge >= 0.3 is 6.09 Å². The highest BCUT2D eigenvalue weighted by atomic mass is 16.6. The number of carbonyl (C=O) groups excluding carboxylic acids is 2. The maximum atomic E-state index is 14.4. The smallest absolute Gasteiger partial charge is 0.407 e. The van der Waals surface area contributed by atoms with Crippen LogP contribution in [0.2, 0.25) is 0 Å². The lowest BCUT2D eigenvalue weighted by Gasteiger charge is -2.36. The van der Waals surface area contributed by atoms with Crippen LogP contribution in [0.3, 0.4) is 0 Å². The molecule has 0 saturated heterocycles. The van der Waals surface area contributed by atoms with Crippen molar-refractivity contribution in [2.24, 2.45) is 11.8 Å². The van der Waals surface area contributed by atoms with Gasteiger partial charge in [0.2, 0.25) is 5.91 Å². The highest BCUT2D eigenvalue weighted by molar-refractivity contribution is 5.95. The predicted molar refractivity (Wildman–Crippen MR) is 190 cm³/mol. The van der Waals surface area contributed by atoms with Crippen LogP contribution in [0.15, 0.2) is 54.9 Å². The number of alkyl carbamates (subject to hydrolysis) is 1. The topological polar surface area (TPSA) is 88.9 Å². The Bertz CT molecular complexity index is 1530. The summed E-state index contributed by atoms with van der Waals surface area (Å²) in [6.45, 7) is 4.15. The third-order valence-corrected chi connectivity index (χ3v) is 10.6. The van der Waals surface area contributed by atoms with Crippen LogP contribution in [0.25, 0.3) is 11.1 Å². The van der Waals surface area contributed by atoms with E-state index < -0.39 is 0 Å². The van der Waals surface area contributed by atoms with Gasteiger partial charge in [-0.25, -0.2) is 4.79 Å². The van der Waals surface area contributed by atoms with Gasteiger partial charge in [0.25, 0.3) is 0 Å². The van der Waals surface area contributed by atoms with Crippen molar-refractivity contribution in [3.05, 3.63) is 66.0 Å². The predicted octanol–water partition coefficient (Wildman–Crippen LogP) is 7.36. The summed E-state index contributed by atoms with van der Waals surface area (Å²) in [6, 6.07) is 15.6. The van der Waals surface area contributed by atoms with Crippen LogP contribution in [0.5, 0.6) is 5.75 Å². The van der Waals surface area contributed by atoms with E-state index in [0.717, 1.165) is 74.2 Å². The normalized spacial score (nSPS) is 22.7. The van der Waals surface area contributed by atoms with Crippen LogP contribution >= 0.6 is 0 Å². The molecule has 3 aromatic rings. The van der Waals surface area contributed by atoms with E-state index in [1.165, 1.54) is 24.0 Å². The Morgan fingerprint density at radius 1 is 0.938 bits per heavy atom. The number of nitrogens with one attached hydrogen (secondary N) is 1. The Labute approximate surface area is 286 Å². The molecule has 0 atom stereocenters. The van der Waals surface area contributed by atoms with Crippen LogP contribution in [-0.4, -0.2) is 73.6 Å². The van der Waals surface area contributed by atoms with Gasteiger partial charge in [0.15, 0.2) is 0 Å². The minimum absolute atomic E-state index is 0.0819. The summed E-state index contributed by atoms with van der Waals surface area (Å²) in [7, 11) is 5.67. The summed E-state index contributed by atoms with van der Waals surface area (Å²) in [5.41, 5.74) is 5.72. The average Bonchev–Trinajstić information content (AvgIpc) is 3.83. The second-order valence-corrected chi connectivity index (χ2v) is 14.5. The summed E-state index contributed by atoms with van der Waals surface area (Å²) < 4.78 is 13.3. The van der Waals surface area contributed by atoms with E-state index >= 15 is 0 Å². The molecule has 2 aromatic carbocycles. The molecule has 3 aliphatic carbocycles. The number of anilines is 1. The summed E-state index contributed by atoms with van der Waals surface area (Å²) in [5.74, 6) is 2.03. The highest BCUT2D eigenvalue weighted by Crippen LogP contribution is 2.40. The van der Waals surface area contributed by atoms with Crippen molar-refractivity contribution in [3.8, 4) is 16.9 Å². The summed E-state index contributed by atoms with van der Waals surface area (Å²) in [4.78, 5) is 30.8. The second kappa shape index (κ2) is 15.6. The molecule has 258 valence electrons. The molecule has 1 heterocycles. The number of hydrogen-bond acceptors (Lipinski definition) is 6. The lowest BCUT2D eigenvalue weighted by atomic mass is 9.78. The first kappa shape index (κ1) is 34.0. The number of benzene rings is 2. The Morgan fingerprint density at radius 2 is 1.71 bits per heavy atom. The van der Waals surface area contributed by atoms with Gasteiger partial charge in [-0.3, -0.25) is 9.48 Å². The van der Waals surface area contributed by atoms with E-state index in [0.29, 0.717) is 37.3 Å². The van der Waals surface area contributed by atoms with Crippen molar-refractivity contribution in [3.63, 3.8) is 0 Å². The van der Waals surface area contributed by atoms with Crippen molar-refractivity contribution >= 4 is 17.7 Å². The summed E-state index contributed by atoms with van der Waals surface area (Å²) >= 11 is 0. The Kier molecular flexibility index (Phi) is 11.0. The Balaban J connectivity index is 1.13. The van der Waals surface area contributed by atoms with Crippen LogP contribution in [0.1, 0.15) is 87.3 Å². The van der Waals surface area contributed by atoms with Crippen molar-refractivity contribution < 1.29 is 19.1 Å². The van der Waals surface area contributed by atoms with Crippen LogP contribution in [0.4, 0.5) is 10.5 Å². The zero-order valence-corrected chi connectivity index (χ0v) is 29.2. The Morgan fingerprint density at radius 3 is 2.40 bits per heavy atom. The number of aromatic nitrogens is 2. The highest BCUT2D eigenvalue weighted by Gasteiger charge is 2.34. The molecule has 6 rings (SSSR count). The van der Waals surface area contributed by atoms with Gasteiger partial charge in [-0.05, 0) is 132 Å². The molecule has 0 spiro atoms. The van der Waals surface area contributed by atoms with E-state index in [4.69, 9.17) is 9.47 Å². The van der Waals surface area contributed by atoms with E-state index in [1.54, 1.807) is 7.11 Å². The molecule has 3 saturated carbocycles. The van der Waals surface area contributed by atoms with Gasteiger partial charge in [0, 0.05) is 43.0 Å². The van der Waals surface area contributed by atoms with Gasteiger partial charge in [0.1, 0.15) is 11.9 Å². The third kappa shape index (κ3) is 8.59. The monoisotopic (exact) mass is 655 g/mol. The first-order valence-electron chi connectivity index (χ1n) is 18.0. The van der Waals surface area contributed by atoms with Gasteiger partial charge in [-0.15, -0.1) is 0 Å². The molecular formula is C39H53N5O4. The van der Waals surface area contributed by atoms with Crippen molar-refractivity contribution in [2.45, 2.75) is 89.2 Å². The summed E-state index contributed by atoms with van der Waals surface area (Å²) in [5, 5.41) is 7.46. The number of rotatable bonds is 12. The molecule has 9 nitrogen and oxygen atoms in total. The molecule has 2 amide bonds. The number of ether oxygens (including phenoxy) is 2. The number of carbonyl (C=O) groups is 2. The average molecular weight is 656 g/mol. The van der Waals surface area contributed by atoms with Gasteiger partial charge in [0.05, 0.1) is 19.3 Å². The quantitative estimate of drug-likeness (QED) is 0.220. The first-order valence-corrected chi connectivity index (χ1v) is 18.0. The number of methoxy groups -OCH3 is 1. The standard InChI is InChI=1S/C39H53N5O4/c1-27-22-32(14-19-37(27)47-4)29-10-8-28(9-11-29)25-43(35-7-5-6-31(23-35)33-24-41-44(26-33)34-15-16-34)38(45)30-12-17-36(18-13-30)48-39(46)40-20-21-42(2)3/h5-7,14,19,22-24,26,28-30,34,36H,8-13,15-18,20-21,25H2,1-4H3,(H,40,46). The molecule has 3 fully saturated rings. The number of aryl methyl sites for hydroxylation is 1. The lowest BCUT2D eigenvalue weighted by molar-refractivity contribution is -0.124. The molecular weight excluding hydrogens is 602 g/mol. The summed E-state index contributed by atoms with van der Waals surface area (Å²) in [6.07, 6.45) is 13.3. The van der Waals surface area contributed by atoms with Gasteiger partial charge in [-0.1, -0.05) is 24.3 Å². The largest absolute Gasteiger partial charge is 0.496 e. The van der Waals surface area contributed by atoms with Crippen LogP contribution in [-0.2, 0) is 9.53 Å². The van der Waals surface area contributed by atoms with Gasteiger partial charge < -0.3 is 24.6 Å². The second-order valence-electron chi connectivity index (χ2n) is 14.5. The van der Waals surface area contributed by atoms with E-state index in [1.807, 2.05) is 25.2 Å². The van der Waals surface area contributed by atoms with Gasteiger partial charge in [-0.2, -0.15) is 5.10 Å². The number of likely N-dealkylation sites (N-methyl/N-ethyl adjacent to an activating group) is 1. The molecule has 0 aliphatic heterocycles. The number of hydrogen-bond donors (Lipinski definition) is 1. The minimum Gasteiger partial charge on any atom is -0.496 e. The molecule has 0 bridgehead atoms. The van der Waals surface area contributed by atoms with E-state index in [2.05, 4.69) is 75.6 Å². The minimum atomic E-state index is -0.365. The maximum absolute atomic E-state index is 14.4. The van der Waals surface area contributed by atoms with Crippen molar-refractivity contribution in [2.75, 3.05) is 45.7 Å². The molecule has 0 unspecified atom stereocenters. The van der Waals surface area contributed by atoms with E-state index in [9.17, 15) is 9.59 Å². The van der Waals surface area contributed by atoms with Crippen molar-refractivity contribution in [1.29, 1.82) is 0 Å². The molecule has 1 N–H and O–H groups in total. The third-order valence-electron chi connectivity index (χ3n) is 10.6. The fraction of sp³-hybridized carbons (Fsp3) is 0.564. The Hall–Kier alpha value is -3.85. The SMILES string of the molecule is COc1ccc(C2CCC(CN(C(=O)C3CCC(OC(=O)NCCN(C)C)CC3)c3cccc(-c4cnn(C5CC5)c4)c3)CC2)cc1C. The van der Waals surface area contributed by atoms with Crippen LogP contribution in [0, 0.1) is 18.8 Å². The first-order chi connectivity index (χ1) is 23.3. The lowest BCUT2D eigenvalue weighted by Crippen LogP contribution is -2.42. The molecule has 1 aromatic heterocycles. The van der Waals surface area contributed by atoms with Crippen LogP contribution < -0.4 is 15.0 Å². The molecule has 0 radical (unpaired) electrons. The van der Waals surface area contributed by atoms with Crippen molar-refractivity contribution in [1.82, 2.24) is 20.0 Å². The fourth-order valence-corrected chi connectivity index (χ4v) is 7.52. The van der Waals surface area contributed by atoms with E-state index in [-0.39, 0.29) is 24.0 Å².